The summed E-state index contributed by atoms with van der Waals surface area (Å²) in [4.78, 5) is 80.6. The molecule has 0 saturated carbocycles. The molecule has 192 valence electrons. The monoisotopic (exact) mass is 541 g/mol. The van der Waals surface area contributed by atoms with Crippen molar-refractivity contribution in [2.75, 3.05) is 24.8 Å². The molecule has 3 rings (SSSR count). The lowest BCUT2D eigenvalue weighted by Crippen LogP contribution is -2.71. The van der Waals surface area contributed by atoms with Gasteiger partial charge in [0, 0.05) is 23.6 Å². The number of hydrogen-bond acceptors (Lipinski definition) is 12. The summed E-state index contributed by atoms with van der Waals surface area (Å²) < 4.78 is 4.88. The number of oxime groups is 1. The molecule has 0 radical (unpaired) electrons. The highest BCUT2D eigenvalue weighted by Crippen LogP contribution is 2.40. The number of aliphatic carboxylic acids is 2. The summed E-state index contributed by atoms with van der Waals surface area (Å²) in [5, 5.41) is 27.3. The maximum atomic E-state index is 12.9. The molecule has 1 aromatic heterocycles. The number of β-lactam (4-membered cyclic amide) rings is 1. The van der Waals surface area contributed by atoms with Gasteiger partial charge in [0.15, 0.2) is 10.8 Å². The molecule has 1 fully saturated rings. The highest BCUT2D eigenvalue weighted by Gasteiger charge is 2.54. The fourth-order valence-electron chi connectivity index (χ4n) is 3.23. The summed E-state index contributed by atoms with van der Waals surface area (Å²) in [6.07, 6.45) is -0.775. The van der Waals surface area contributed by atoms with Gasteiger partial charge in [0.2, 0.25) is 5.91 Å². The van der Waals surface area contributed by atoms with E-state index < -0.39 is 53.5 Å². The van der Waals surface area contributed by atoms with Gasteiger partial charge in [0.05, 0.1) is 0 Å². The van der Waals surface area contributed by atoms with Crippen LogP contribution < -0.4 is 10.6 Å². The Morgan fingerprint density at radius 2 is 2.00 bits per heavy atom. The predicted molar refractivity (Wildman–Crippen MR) is 123 cm³/mol. The number of carbonyl (C=O) groups is 6. The van der Waals surface area contributed by atoms with Crippen LogP contribution in [0.5, 0.6) is 0 Å². The van der Waals surface area contributed by atoms with Crippen LogP contribution in [0.3, 0.4) is 0 Å². The number of carbonyl (C=O) groups excluding carboxylic acids is 4. The number of anilines is 1. The highest BCUT2D eigenvalue weighted by atomic mass is 32.2. The molecule has 36 heavy (non-hydrogen) atoms. The number of carboxylic acid groups (broad SMARTS) is 2. The van der Waals surface area contributed by atoms with Gasteiger partial charge in [0.25, 0.3) is 11.8 Å². The van der Waals surface area contributed by atoms with Gasteiger partial charge in [-0.3, -0.25) is 28.9 Å². The lowest BCUT2D eigenvalue weighted by molar-refractivity contribution is -0.150. The van der Waals surface area contributed by atoms with Gasteiger partial charge in [0.1, 0.15) is 42.9 Å². The first-order valence-corrected chi connectivity index (χ1v) is 11.9. The normalized spacial score (nSPS) is 19.1. The summed E-state index contributed by atoms with van der Waals surface area (Å²) in [5.41, 5.74) is -0.398. The van der Waals surface area contributed by atoms with E-state index in [0.717, 1.165) is 16.2 Å². The van der Waals surface area contributed by atoms with Gasteiger partial charge in [-0.25, -0.2) is 9.78 Å². The molecule has 0 aliphatic carbocycles. The molecule has 2 aliphatic heterocycles. The van der Waals surface area contributed by atoms with E-state index in [1.807, 2.05) is 0 Å². The minimum atomic E-state index is -1.37. The molecular formula is C19H19N5O10S2. The van der Waals surface area contributed by atoms with Crippen molar-refractivity contribution in [3.05, 3.63) is 22.3 Å². The average Bonchev–Trinajstić information content (AvgIpc) is 3.25. The van der Waals surface area contributed by atoms with E-state index in [2.05, 4.69) is 20.8 Å². The van der Waals surface area contributed by atoms with Crippen LogP contribution in [0.25, 0.3) is 0 Å². The molecule has 0 spiro atoms. The number of aromatic nitrogens is 1. The molecule has 2 aliphatic rings. The number of hydrogen-bond donors (Lipinski definition) is 4. The first-order valence-electron chi connectivity index (χ1n) is 9.96. The van der Waals surface area contributed by atoms with E-state index in [0.29, 0.717) is 0 Å². The first-order chi connectivity index (χ1) is 17.0. The molecule has 0 aromatic carbocycles. The molecule has 4 N–H and O–H groups in total. The Labute approximate surface area is 210 Å². The second-order valence-electron chi connectivity index (χ2n) is 7.18. The summed E-state index contributed by atoms with van der Waals surface area (Å²) in [7, 11) is 1.18. The van der Waals surface area contributed by atoms with Crippen LogP contribution in [0, 0.1) is 0 Å². The van der Waals surface area contributed by atoms with E-state index in [9.17, 15) is 33.9 Å². The van der Waals surface area contributed by atoms with Gasteiger partial charge in [-0.05, 0) is 0 Å². The molecule has 1 saturated heterocycles. The second-order valence-corrected chi connectivity index (χ2v) is 9.14. The zero-order chi connectivity index (χ0) is 26.6. The van der Waals surface area contributed by atoms with Crippen LogP contribution in [0.1, 0.15) is 19.0 Å². The third-order valence-corrected chi connectivity index (χ3v) is 6.79. The summed E-state index contributed by atoms with van der Waals surface area (Å²) in [6, 6.07) is -1.08. The van der Waals surface area contributed by atoms with Crippen molar-refractivity contribution in [2.24, 2.45) is 5.16 Å². The molecule has 3 heterocycles. The number of thioether (sulfide) groups is 1. The first kappa shape index (κ1) is 26.6. The lowest BCUT2D eigenvalue weighted by atomic mass is 10.0. The zero-order valence-corrected chi connectivity index (χ0v) is 20.3. The fraction of sp³-hybridized carbons (Fsp3) is 0.368. The molecule has 2 atom stereocenters. The van der Waals surface area contributed by atoms with Gasteiger partial charge in [-0.15, -0.1) is 23.1 Å². The molecular weight excluding hydrogens is 522 g/mol. The molecule has 15 nitrogen and oxygen atoms in total. The summed E-state index contributed by atoms with van der Waals surface area (Å²) in [6.45, 7) is 0.895. The maximum Gasteiger partial charge on any atom is 0.352 e. The van der Waals surface area contributed by atoms with Crippen molar-refractivity contribution < 1.29 is 48.6 Å². The number of nitrogens with zero attached hydrogens (tertiary/aromatic N) is 3. The molecule has 1 aromatic rings. The fourth-order valence-corrected chi connectivity index (χ4v) is 5.27. The quantitative estimate of drug-likeness (QED) is 0.0943. The Balaban J connectivity index is 1.73. The predicted octanol–water partition coefficient (Wildman–Crippen LogP) is -0.791. The van der Waals surface area contributed by atoms with Gasteiger partial charge in [-0.1, -0.05) is 5.16 Å². The van der Waals surface area contributed by atoms with E-state index in [4.69, 9.17) is 14.7 Å². The van der Waals surface area contributed by atoms with Crippen LogP contribution in [0.4, 0.5) is 5.13 Å². The van der Waals surface area contributed by atoms with Crippen molar-refractivity contribution in [3.63, 3.8) is 0 Å². The Kier molecular flexibility index (Phi) is 8.25. The van der Waals surface area contributed by atoms with Crippen molar-refractivity contribution in [1.82, 2.24) is 15.2 Å². The van der Waals surface area contributed by atoms with E-state index in [1.165, 1.54) is 31.2 Å². The maximum absolute atomic E-state index is 12.9. The van der Waals surface area contributed by atoms with Crippen molar-refractivity contribution >= 4 is 69.6 Å². The number of ether oxygens (including phenoxy) is 1. The number of esters is 1. The number of nitrogens with one attached hydrogen (secondary N) is 2. The van der Waals surface area contributed by atoms with E-state index in [1.54, 1.807) is 0 Å². The third-order valence-electron chi connectivity index (χ3n) is 4.69. The van der Waals surface area contributed by atoms with Crippen LogP contribution in [-0.2, 0) is 38.3 Å². The standard InChI is InChI=1S/C19H19N5O10S2/c1-7(25)34-4-8-5-35-17-13(16(30)24(17)14(8)18(31)32)22-15(29)12(23-33-2)9-6-36-19(20-9)21-10(26)3-11(27)28/h6,13,17H,3-5H2,1-2H3,(H,22,29)(H,27,28)(H,31,32)(H,20,21,26)/t13-,17-/m1/s1. The Bertz CT molecular complexity index is 1190. The van der Waals surface area contributed by atoms with Gasteiger partial charge >= 0.3 is 17.9 Å². The molecule has 0 unspecified atom stereocenters. The minimum absolute atomic E-state index is 0.0122. The van der Waals surface area contributed by atoms with E-state index >= 15 is 0 Å². The third kappa shape index (κ3) is 5.80. The van der Waals surface area contributed by atoms with Gasteiger partial charge in [-0.2, -0.15) is 0 Å². The average molecular weight is 542 g/mol. The number of amides is 3. The number of thiazole rings is 1. The topological polar surface area (TPSA) is 214 Å². The molecule has 17 heteroatoms. The molecule has 3 amide bonds. The Morgan fingerprint density at radius 1 is 1.28 bits per heavy atom. The Hall–Kier alpha value is -3.99. The van der Waals surface area contributed by atoms with Crippen LogP contribution >= 0.6 is 23.1 Å². The SMILES string of the molecule is CON=C(C(=O)N[C@@H]1C(=O)N2C(C(=O)O)=C(COC(C)=O)CS[C@H]12)c1csc(NC(=O)CC(=O)O)n1. The molecule has 0 bridgehead atoms. The van der Waals surface area contributed by atoms with Crippen molar-refractivity contribution in [3.8, 4) is 0 Å². The minimum Gasteiger partial charge on any atom is -0.481 e. The van der Waals surface area contributed by atoms with Crippen LogP contribution in [-0.4, -0.2) is 92.3 Å². The summed E-state index contributed by atoms with van der Waals surface area (Å²) in [5.74, 6) is -5.50. The smallest absolute Gasteiger partial charge is 0.352 e. The van der Waals surface area contributed by atoms with Crippen LogP contribution in [0.15, 0.2) is 21.8 Å². The number of rotatable bonds is 10. The lowest BCUT2D eigenvalue weighted by Gasteiger charge is -2.49. The summed E-state index contributed by atoms with van der Waals surface area (Å²) >= 11 is 2.09. The second kappa shape index (κ2) is 11.2. The van der Waals surface area contributed by atoms with E-state index in [-0.39, 0.29) is 40.2 Å². The van der Waals surface area contributed by atoms with Crippen molar-refractivity contribution in [1.29, 1.82) is 0 Å². The Morgan fingerprint density at radius 3 is 2.61 bits per heavy atom. The largest absolute Gasteiger partial charge is 0.481 e. The van der Waals surface area contributed by atoms with Gasteiger partial charge < -0.3 is 30.4 Å². The number of fused-ring (bicyclic) bond motifs is 1. The highest BCUT2D eigenvalue weighted by molar-refractivity contribution is 8.00. The zero-order valence-electron chi connectivity index (χ0n) is 18.7. The van der Waals surface area contributed by atoms with Crippen molar-refractivity contribution in [2.45, 2.75) is 24.8 Å². The van der Waals surface area contributed by atoms with Crippen LogP contribution in [0.2, 0.25) is 0 Å². The number of carboxylic acids is 2.